The van der Waals surface area contributed by atoms with Gasteiger partial charge in [-0.2, -0.15) is 11.3 Å². The Morgan fingerprint density at radius 2 is 1.86 bits per heavy atom. The highest BCUT2D eigenvalue weighted by molar-refractivity contribution is 7.07. The van der Waals surface area contributed by atoms with E-state index in [1.54, 1.807) is 11.3 Å². The van der Waals surface area contributed by atoms with Crippen molar-refractivity contribution >= 4 is 11.3 Å². The lowest BCUT2D eigenvalue weighted by Crippen LogP contribution is -2.32. The lowest BCUT2D eigenvalue weighted by Gasteiger charge is -2.19. The normalized spacial score (nSPS) is 12.5. The molecule has 21 heavy (non-hydrogen) atoms. The second-order valence-electron chi connectivity index (χ2n) is 6.02. The van der Waals surface area contributed by atoms with E-state index in [0.717, 1.165) is 13.0 Å². The van der Waals surface area contributed by atoms with Crippen molar-refractivity contribution in [2.75, 3.05) is 6.54 Å². The lowest BCUT2D eigenvalue weighted by molar-refractivity contribution is 0.477. The van der Waals surface area contributed by atoms with Gasteiger partial charge in [0.1, 0.15) is 0 Å². The van der Waals surface area contributed by atoms with Gasteiger partial charge < -0.3 is 5.32 Å². The molecule has 0 aliphatic heterocycles. The topological polar surface area (TPSA) is 12.0 Å². The first-order valence-electron chi connectivity index (χ1n) is 7.99. The number of thiophene rings is 1. The van der Waals surface area contributed by atoms with Crippen molar-refractivity contribution in [3.05, 3.63) is 57.3 Å². The molecule has 0 fully saturated rings. The van der Waals surface area contributed by atoms with Gasteiger partial charge in [-0.15, -0.1) is 0 Å². The van der Waals surface area contributed by atoms with Gasteiger partial charge >= 0.3 is 0 Å². The Hall–Kier alpha value is -1.12. The fourth-order valence-electron chi connectivity index (χ4n) is 2.87. The summed E-state index contributed by atoms with van der Waals surface area (Å²) in [4.78, 5) is 0. The molecule has 0 spiro atoms. The van der Waals surface area contributed by atoms with Crippen LogP contribution in [0.1, 0.15) is 42.0 Å². The molecule has 1 heterocycles. The van der Waals surface area contributed by atoms with Crippen molar-refractivity contribution in [3.63, 3.8) is 0 Å². The Morgan fingerprint density at radius 1 is 1.10 bits per heavy atom. The van der Waals surface area contributed by atoms with E-state index < -0.39 is 0 Å². The third-order valence-corrected chi connectivity index (χ3v) is 4.54. The minimum atomic E-state index is 0.575. The lowest BCUT2D eigenvalue weighted by atomic mass is 9.97. The molecule has 0 radical (unpaired) electrons. The highest BCUT2D eigenvalue weighted by Crippen LogP contribution is 2.15. The van der Waals surface area contributed by atoms with Crippen molar-refractivity contribution in [1.82, 2.24) is 5.32 Å². The average molecular weight is 301 g/mol. The van der Waals surface area contributed by atoms with E-state index in [-0.39, 0.29) is 0 Å². The fraction of sp³-hybridized carbons (Fsp3) is 0.474. The molecule has 0 bridgehead atoms. The summed E-state index contributed by atoms with van der Waals surface area (Å²) in [6.07, 6.45) is 4.72. The van der Waals surface area contributed by atoms with Crippen molar-refractivity contribution in [2.45, 2.75) is 52.5 Å². The molecule has 1 aromatic heterocycles. The first-order chi connectivity index (χ1) is 10.2. The van der Waals surface area contributed by atoms with Crippen LogP contribution in [0.25, 0.3) is 0 Å². The maximum absolute atomic E-state index is 3.72. The van der Waals surface area contributed by atoms with Crippen LogP contribution in [0.15, 0.2) is 35.0 Å². The number of benzene rings is 1. The highest BCUT2D eigenvalue weighted by Gasteiger charge is 2.10. The molecule has 0 saturated heterocycles. The molecular weight excluding hydrogens is 274 g/mol. The predicted octanol–water partition coefficient (Wildman–Crippen LogP) is 4.91. The monoisotopic (exact) mass is 301 g/mol. The van der Waals surface area contributed by atoms with Crippen LogP contribution in [0.3, 0.4) is 0 Å². The van der Waals surface area contributed by atoms with E-state index in [0.29, 0.717) is 6.04 Å². The van der Waals surface area contributed by atoms with Crippen LogP contribution in [0.2, 0.25) is 0 Å². The summed E-state index contributed by atoms with van der Waals surface area (Å²) in [5.74, 6) is 0. The molecule has 1 aromatic carbocycles. The standard InChI is InChI=1S/C19H27NS/c1-4-8-20-19(6-5-17-7-9-21-14-17)13-18-11-15(2)10-16(3)12-18/h7,9-12,14,19-20H,4-6,8,13H2,1-3H3. The Labute approximate surface area is 133 Å². The number of hydrogen-bond acceptors (Lipinski definition) is 2. The molecule has 2 rings (SSSR count). The smallest absolute Gasteiger partial charge is 0.0111 e. The summed E-state index contributed by atoms with van der Waals surface area (Å²) in [5, 5.41) is 8.17. The summed E-state index contributed by atoms with van der Waals surface area (Å²) in [7, 11) is 0. The van der Waals surface area contributed by atoms with Gasteiger partial charge in [0.25, 0.3) is 0 Å². The van der Waals surface area contributed by atoms with Gasteiger partial charge in [-0.3, -0.25) is 0 Å². The van der Waals surface area contributed by atoms with Gasteiger partial charge in [-0.25, -0.2) is 0 Å². The van der Waals surface area contributed by atoms with Gasteiger partial charge in [0.05, 0.1) is 0 Å². The predicted molar refractivity (Wildman–Crippen MR) is 94.3 cm³/mol. The minimum Gasteiger partial charge on any atom is -0.314 e. The van der Waals surface area contributed by atoms with Crippen LogP contribution >= 0.6 is 11.3 Å². The van der Waals surface area contributed by atoms with Gasteiger partial charge in [0.15, 0.2) is 0 Å². The van der Waals surface area contributed by atoms with Gasteiger partial charge in [-0.1, -0.05) is 36.2 Å². The SMILES string of the molecule is CCCNC(CCc1ccsc1)Cc1cc(C)cc(C)c1. The van der Waals surface area contributed by atoms with Crippen LogP contribution in [-0.2, 0) is 12.8 Å². The van der Waals surface area contributed by atoms with E-state index in [9.17, 15) is 0 Å². The summed E-state index contributed by atoms with van der Waals surface area (Å²) in [6, 6.07) is 9.74. The molecule has 1 atom stereocenters. The summed E-state index contributed by atoms with van der Waals surface area (Å²) in [6.45, 7) is 7.73. The summed E-state index contributed by atoms with van der Waals surface area (Å²) < 4.78 is 0. The van der Waals surface area contributed by atoms with E-state index in [1.807, 2.05) is 0 Å². The van der Waals surface area contributed by atoms with E-state index >= 15 is 0 Å². The number of aryl methyl sites for hydroxylation is 3. The third kappa shape index (κ3) is 5.64. The van der Waals surface area contributed by atoms with E-state index in [4.69, 9.17) is 0 Å². The number of rotatable bonds is 8. The zero-order valence-corrected chi connectivity index (χ0v) is 14.3. The van der Waals surface area contributed by atoms with Crippen LogP contribution in [0, 0.1) is 13.8 Å². The van der Waals surface area contributed by atoms with Crippen LogP contribution in [-0.4, -0.2) is 12.6 Å². The van der Waals surface area contributed by atoms with Crippen LogP contribution < -0.4 is 5.32 Å². The quantitative estimate of drug-likeness (QED) is 0.730. The second kappa shape index (κ2) is 8.35. The third-order valence-electron chi connectivity index (χ3n) is 3.81. The second-order valence-corrected chi connectivity index (χ2v) is 6.80. The first-order valence-corrected chi connectivity index (χ1v) is 8.93. The number of nitrogens with one attached hydrogen (secondary N) is 1. The van der Waals surface area contributed by atoms with Crippen molar-refractivity contribution in [2.24, 2.45) is 0 Å². The molecule has 0 aliphatic carbocycles. The molecule has 114 valence electrons. The molecule has 2 heteroatoms. The number of hydrogen-bond donors (Lipinski definition) is 1. The largest absolute Gasteiger partial charge is 0.314 e. The maximum Gasteiger partial charge on any atom is 0.0111 e. The molecule has 1 N–H and O–H groups in total. The molecule has 1 unspecified atom stereocenters. The molecular formula is C19H27NS. The van der Waals surface area contributed by atoms with Crippen LogP contribution in [0.4, 0.5) is 0 Å². The summed E-state index contributed by atoms with van der Waals surface area (Å²) in [5.41, 5.74) is 5.68. The Morgan fingerprint density at radius 3 is 2.48 bits per heavy atom. The molecule has 0 saturated carbocycles. The molecule has 2 aromatic rings. The van der Waals surface area contributed by atoms with Gasteiger partial charge in [0.2, 0.25) is 0 Å². The maximum atomic E-state index is 3.72. The highest BCUT2D eigenvalue weighted by atomic mass is 32.1. The Balaban J connectivity index is 1.97. The Bertz CT molecular complexity index is 510. The molecule has 0 aliphatic rings. The molecule has 1 nitrogen and oxygen atoms in total. The zero-order chi connectivity index (χ0) is 15.1. The van der Waals surface area contributed by atoms with Gasteiger partial charge in [-0.05, 0) is 74.0 Å². The molecule has 0 amide bonds. The summed E-state index contributed by atoms with van der Waals surface area (Å²) >= 11 is 1.80. The van der Waals surface area contributed by atoms with Crippen molar-refractivity contribution < 1.29 is 0 Å². The first kappa shape index (κ1) is 16.3. The van der Waals surface area contributed by atoms with Gasteiger partial charge in [0, 0.05) is 6.04 Å². The van der Waals surface area contributed by atoms with E-state index in [2.05, 4.69) is 61.1 Å². The average Bonchev–Trinajstić information content (AvgIpc) is 2.94. The Kier molecular flexibility index (Phi) is 6.47. The fourth-order valence-corrected chi connectivity index (χ4v) is 3.58. The minimum absolute atomic E-state index is 0.575. The van der Waals surface area contributed by atoms with Crippen molar-refractivity contribution in [1.29, 1.82) is 0 Å². The van der Waals surface area contributed by atoms with Crippen LogP contribution in [0.5, 0.6) is 0 Å². The zero-order valence-electron chi connectivity index (χ0n) is 13.5. The van der Waals surface area contributed by atoms with Crippen molar-refractivity contribution in [3.8, 4) is 0 Å². The van der Waals surface area contributed by atoms with E-state index in [1.165, 1.54) is 41.5 Å².